The fourth-order valence-electron chi connectivity index (χ4n) is 1.77. The van der Waals surface area contributed by atoms with E-state index in [9.17, 15) is 4.39 Å². The number of fused-ring (bicyclic) bond motifs is 1. The van der Waals surface area contributed by atoms with Gasteiger partial charge in [-0.05, 0) is 29.1 Å². The Labute approximate surface area is 101 Å². The molecule has 0 fully saturated rings. The number of halogens is 2. The molecule has 1 aromatic carbocycles. The third-order valence-corrected chi connectivity index (χ3v) is 2.71. The normalized spacial score (nSPS) is 10.9. The topological polar surface area (TPSA) is 30.7 Å². The zero-order valence-corrected chi connectivity index (χ0v) is 9.39. The predicted molar refractivity (Wildman–Crippen MR) is 63.8 cm³/mol. The fourth-order valence-corrected chi connectivity index (χ4v) is 1.90. The van der Waals surface area contributed by atoms with E-state index >= 15 is 0 Å². The van der Waals surface area contributed by atoms with E-state index in [2.05, 4.69) is 9.97 Å². The minimum atomic E-state index is -0.504. The predicted octanol–water partition coefficient (Wildman–Crippen LogP) is 3.21. The van der Waals surface area contributed by atoms with Crippen molar-refractivity contribution in [3.63, 3.8) is 0 Å². The maximum absolute atomic E-state index is 13.7. The summed E-state index contributed by atoms with van der Waals surface area (Å²) in [6.07, 6.45) is 2.83. The molecule has 3 rings (SSSR count). The van der Waals surface area contributed by atoms with Gasteiger partial charge in [-0.15, -0.1) is 0 Å². The van der Waals surface area contributed by atoms with Crippen LogP contribution in [0, 0.1) is 5.82 Å². The van der Waals surface area contributed by atoms with E-state index in [1.807, 2.05) is 30.3 Å². The Kier molecular flexibility index (Phi) is 2.30. The van der Waals surface area contributed by atoms with Crippen molar-refractivity contribution in [3.8, 4) is 5.82 Å². The fraction of sp³-hybridized carbons (Fsp3) is 0. The van der Waals surface area contributed by atoms with Crippen LogP contribution in [0.4, 0.5) is 4.39 Å². The second-order valence-corrected chi connectivity index (χ2v) is 3.89. The summed E-state index contributed by atoms with van der Waals surface area (Å²) in [4.78, 5) is 7.50. The van der Waals surface area contributed by atoms with Gasteiger partial charge in [-0.25, -0.2) is 9.37 Å². The van der Waals surface area contributed by atoms with E-state index in [4.69, 9.17) is 11.6 Å². The van der Waals surface area contributed by atoms with Crippen LogP contribution in [0.1, 0.15) is 0 Å². The molecule has 0 spiro atoms. The van der Waals surface area contributed by atoms with Gasteiger partial charge in [-0.3, -0.25) is 4.57 Å². The summed E-state index contributed by atoms with van der Waals surface area (Å²) >= 11 is 5.68. The van der Waals surface area contributed by atoms with Gasteiger partial charge < -0.3 is 0 Å². The Balaban J connectivity index is 2.31. The van der Waals surface area contributed by atoms with Gasteiger partial charge in [0.1, 0.15) is 0 Å². The molecule has 0 radical (unpaired) electrons. The first-order chi connectivity index (χ1) is 8.25. The van der Waals surface area contributed by atoms with Crippen molar-refractivity contribution >= 4 is 22.5 Å². The summed E-state index contributed by atoms with van der Waals surface area (Å²) in [6, 6.07) is 9.55. The lowest BCUT2D eigenvalue weighted by Gasteiger charge is -2.05. The van der Waals surface area contributed by atoms with E-state index in [0.29, 0.717) is 0 Å². The van der Waals surface area contributed by atoms with Gasteiger partial charge in [0, 0.05) is 6.20 Å². The summed E-state index contributed by atoms with van der Waals surface area (Å²) in [6.45, 7) is 0. The number of rotatable bonds is 1. The van der Waals surface area contributed by atoms with Crippen molar-refractivity contribution in [1.82, 2.24) is 14.5 Å². The maximum Gasteiger partial charge on any atom is 0.224 e. The largest absolute Gasteiger partial charge is 0.299 e. The Morgan fingerprint density at radius 3 is 2.88 bits per heavy atom. The van der Waals surface area contributed by atoms with Crippen molar-refractivity contribution in [2.24, 2.45) is 0 Å². The van der Waals surface area contributed by atoms with Gasteiger partial charge in [0.15, 0.2) is 11.6 Å². The van der Waals surface area contributed by atoms with Crippen LogP contribution < -0.4 is 0 Å². The van der Waals surface area contributed by atoms with Crippen LogP contribution in [0.3, 0.4) is 0 Å². The number of aromatic nitrogens is 3. The maximum atomic E-state index is 13.7. The lowest BCUT2D eigenvalue weighted by molar-refractivity contribution is 0.603. The Bertz CT molecular complexity index is 693. The molecule has 17 heavy (non-hydrogen) atoms. The minimum absolute atomic E-state index is 0.0270. The molecule has 5 heteroatoms. The average Bonchev–Trinajstić information content (AvgIpc) is 2.76. The molecule has 0 aliphatic heterocycles. The zero-order chi connectivity index (χ0) is 11.8. The Morgan fingerprint density at radius 1 is 1.18 bits per heavy atom. The number of hydrogen-bond donors (Lipinski definition) is 0. The summed E-state index contributed by atoms with van der Waals surface area (Å²) in [5, 5.41) is 1.04. The zero-order valence-electron chi connectivity index (χ0n) is 8.64. The van der Waals surface area contributed by atoms with E-state index in [-0.39, 0.29) is 11.1 Å². The highest BCUT2D eigenvalue weighted by Crippen LogP contribution is 2.21. The van der Waals surface area contributed by atoms with Crippen molar-refractivity contribution < 1.29 is 4.39 Å². The SMILES string of the molecule is Fc1cnc(Cl)nc1-n1ccc2ccccc21. The molecule has 0 saturated heterocycles. The molecule has 0 bridgehead atoms. The van der Waals surface area contributed by atoms with Crippen LogP contribution in [0.5, 0.6) is 0 Å². The van der Waals surface area contributed by atoms with E-state index in [1.54, 1.807) is 10.8 Å². The molecule has 0 aliphatic carbocycles. The van der Waals surface area contributed by atoms with Crippen LogP contribution in [0.25, 0.3) is 16.7 Å². The monoisotopic (exact) mass is 247 g/mol. The molecular weight excluding hydrogens is 241 g/mol. The molecule has 2 aromatic heterocycles. The molecule has 0 atom stereocenters. The number of para-hydroxylation sites is 1. The van der Waals surface area contributed by atoms with Crippen LogP contribution >= 0.6 is 11.6 Å². The number of benzene rings is 1. The second kappa shape index (κ2) is 3.82. The number of hydrogen-bond acceptors (Lipinski definition) is 2. The highest BCUT2D eigenvalue weighted by molar-refractivity contribution is 6.28. The van der Waals surface area contributed by atoms with Crippen LogP contribution in [0.2, 0.25) is 5.28 Å². The van der Waals surface area contributed by atoms with Gasteiger partial charge in [0.25, 0.3) is 0 Å². The molecule has 3 nitrogen and oxygen atoms in total. The molecule has 0 amide bonds. The smallest absolute Gasteiger partial charge is 0.224 e. The van der Waals surface area contributed by atoms with Crippen molar-refractivity contribution in [3.05, 3.63) is 53.8 Å². The first-order valence-corrected chi connectivity index (χ1v) is 5.38. The van der Waals surface area contributed by atoms with Crippen LogP contribution in [-0.2, 0) is 0 Å². The molecule has 0 unspecified atom stereocenters. The molecular formula is C12H7ClFN3. The molecule has 0 saturated carbocycles. The van der Waals surface area contributed by atoms with Crippen molar-refractivity contribution in [2.75, 3.05) is 0 Å². The van der Waals surface area contributed by atoms with E-state index in [0.717, 1.165) is 17.1 Å². The second-order valence-electron chi connectivity index (χ2n) is 3.56. The molecule has 3 aromatic rings. The third-order valence-electron chi connectivity index (χ3n) is 2.52. The number of nitrogens with zero attached hydrogens (tertiary/aromatic N) is 3. The Morgan fingerprint density at radius 2 is 2.00 bits per heavy atom. The molecule has 0 aliphatic rings. The first kappa shape index (κ1) is 10.2. The lowest BCUT2D eigenvalue weighted by atomic mass is 10.2. The van der Waals surface area contributed by atoms with Crippen LogP contribution in [0.15, 0.2) is 42.7 Å². The summed E-state index contributed by atoms with van der Waals surface area (Å²) in [7, 11) is 0. The third kappa shape index (κ3) is 1.66. The summed E-state index contributed by atoms with van der Waals surface area (Å²) in [5.74, 6) is -0.345. The van der Waals surface area contributed by atoms with E-state index in [1.165, 1.54) is 0 Å². The average molecular weight is 248 g/mol. The highest BCUT2D eigenvalue weighted by Gasteiger charge is 2.10. The quantitative estimate of drug-likeness (QED) is 0.618. The standard InChI is InChI=1S/C12H7ClFN3/c13-12-15-7-9(14)11(16-12)17-6-5-8-3-1-2-4-10(8)17/h1-7H. The van der Waals surface area contributed by atoms with Gasteiger partial charge in [-0.2, -0.15) is 4.98 Å². The molecule has 2 heterocycles. The molecule has 0 N–H and O–H groups in total. The first-order valence-electron chi connectivity index (χ1n) is 5.00. The summed E-state index contributed by atoms with van der Waals surface area (Å²) in [5.41, 5.74) is 0.876. The lowest BCUT2D eigenvalue weighted by Crippen LogP contribution is -2.01. The van der Waals surface area contributed by atoms with Crippen molar-refractivity contribution in [1.29, 1.82) is 0 Å². The minimum Gasteiger partial charge on any atom is -0.299 e. The Hall–Kier alpha value is -1.94. The van der Waals surface area contributed by atoms with Gasteiger partial charge >= 0.3 is 0 Å². The van der Waals surface area contributed by atoms with Gasteiger partial charge in [-0.1, -0.05) is 18.2 Å². The van der Waals surface area contributed by atoms with Gasteiger partial charge in [0.05, 0.1) is 11.7 Å². The van der Waals surface area contributed by atoms with Crippen molar-refractivity contribution in [2.45, 2.75) is 0 Å². The van der Waals surface area contributed by atoms with Gasteiger partial charge in [0.2, 0.25) is 5.28 Å². The summed E-state index contributed by atoms with van der Waals surface area (Å²) < 4.78 is 15.3. The molecule has 84 valence electrons. The van der Waals surface area contributed by atoms with E-state index < -0.39 is 5.82 Å². The van der Waals surface area contributed by atoms with Crippen LogP contribution in [-0.4, -0.2) is 14.5 Å². The highest BCUT2D eigenvalue weighted by atomic mass is 35.5.